The summed E-state index contributed by atoms with van der Waals surface area (Å²) in [4.78, 5) is 26.5. The van der Waals surface area contributed by atoms with Gasteiger partial charge in [-0.25, -0.2) is 0 Å². The summed E-state index contributed by atoms with van der Waals surface area (Å²) in [7, 11) is 0. The van der Waals surface area contributed by atoms with E-state index in [9.17, 15) is 35.1 Å². The molecule has 8 atom stereocenters. The van der Waals surface area contributed by atoms with Crippen molar-refractivity contribution in [2.45, 2.75) is 301 Å². The molecule has 1 rings (SSSR count). The molecule has 1 fully saturated rings. The summed E-state index contributed by atoms with van der Waals surface area (Å²) < 4.78 is 17.6. The maximum atomic E-state index is 13.4. The second kappa shape index (κ2) is 50.9. The van der Waals surface area contributed by atoms with Gasteiger partial charge in [0, 0.05) is 6.42 Å². The van der Waals surface area contributed by atoms with E-state index in [2.05, 4.69) is 86.8 Å². The Morgan fingerprint density at radius 1 is 0.527 bits per heavy atom. The molecule has 1 saturated heterocycles. The summed E-state index contributed by atoms with van der Waals surface area (Å²) >= 11 is 0. The van der Waals surface area contributed by atoms with E-state index in [1.807, 2.05) is 6.08 Å². The van der Waals surface area contributed by atoms with Crippen LogP contribution in [-0.4, -0.2) is 99.6 Å². The first-order chi connectivity index (χ1) is 36.2. The van der Waals surface area contributed by atoms with Crippen molar-refractivity contribution in [1.82, 2.24) is 5.32 Å². The summed E-state index contributed by atoms with van der Waals surface area (Å²) in [5, 5.41) is 56.9. The lowest BCUT2D eigenvalue weighted by Gasteiger charge is -2.41. The SMILES string of the molecule is CCCCC/C=C\C/C=C\C/C=C\C/C=C\CCCCCC(=O)OC1C(OCC(NC(=O)C(O)CCCC/C=C\CCCCCCCCC)C(O)/C=C/CCCCCCCCCCCCC)OC(CO)C(O)C1O. The highest BCUT2D eigenvalue weighted by Gasteiger charge is 2.47. The van der Waals surface area contributed by atoms with Crippen molar-refractivity contribution in [1.29, 1.82) is 0 Å². The van der Waals surface area contributed by atoms with E-state index in [0.717, 1.165) is 77.0 Å². The molecular formula is C63H111NO10. The molecule has 6 N–H and O–H groups in total. The summed E-state index contributed by atoms with van der Waals surface area (Å²) in [5.41, 5.74) is 0. The Kier molecular flexibility index (Phi) is 47.5. The van der Waals surface area contributed by atoms with Crippen LogP contribution in [0, 0.1) is 0 Å². The number of esters is 1. The average molecular weight is 1040 g/mol. The fraction of sp³-hybridized carbons (Fsp3) is 0.778. The van der Waals surface area contributed by atoms with Crippen LogP contribution in [0.4, 0.5) is 0 Å². The number of allylic oxidation sites excluding steroid dienone is 11. The number of unbranched alkanes of at least 4 members (excludes halogenated alkanes) is 26. The molecule has 8 unspecified atom stereocenters. The van der Waals surface area contributed by atoms with Crippen LogP contribution in [0.2, 0.25) is 0 Å². The van der Waals surface area contributed by atoms with Gasteiger partial charge in [0.05, 0.1) is 25.4 Å². The zero-order valence-corrected chi connectivity index (χ0v) is 47.2. The van der Waals surface area contributed by atoms with Crippen molar-refractivity contribution in [3.05, 3.63) is 72.9 Å². The Morgan fingerprint density at radius 2 is 0.932 bits per heavy atom. The number of aliphatic hydroxyl groups excluding tert-OH is 5. The number of ether oxygens (including phenoxy) is 3. The van der Waals surface area contributed by atoms with E-state index in [-0.39, 0.29) is 19.4 Å². The number of carbonyl (C=O) groups is 2. The van der Waals surface area contributed by atoms with Gasteiger partial charge in [-0.2, -0.15) is 0 Å². The van der Waals surface area contributed by atoms with Crippen LogP contribution in [0.25, 0.3) is 0 Å². The van der Waals surface area contributed by atoms with Gasteiger partial charge in [0.25, 0.3) is 0 Å². The number of nitrogens with one attached hydrogen (secondary N) is 1. The summed E-state index contributed by atoms with van der Waals surface area (Å²) in [6.07, 6.45) is 53.7. The molecule has 11 nitrogen and oxygen atoms in total. The van der Waals surface area contributed by atoms with Crippen LogP contribution in [0.1, 0.15) is 252 Å². The third-order valence-corrected chi connectivity index (χ3v) is 13.8. The molecule has 1 amide bonds. The second-order valence-corrected chi connectivity index (χ2v) is 20.7. The first-order valence-electron chi connectivity index (χ1n) is 30.2. The molecule has 1 heterocycles. The van der Waals surface area contributed by atoms with Crippen LogP contribution >= 0.6 is 0 Å². The minimum atomic E-state index is -1.63. The zero-order valence-electron chi connectivity index (χ0n) is 47.2. The van der Waals surface area contributed by atoms with Crippen LogP contribution < -0.4 is 5.32 Å². The summed E-state index contributed by atoms with van der Waals surface area (Å²) in [5.74, 6) is -1.24. The van der Waals surface area contributed by atoms with Crippen molar-refractivity contribution in [2.75, 3.05) is 13.2 Å². The molecular weight excluding hydrogens is 931 g/mol. The first kappa shape index (κ1) is 69.1. The molecule has 0 aromatic heterocycles. The van der Waals surface area contributed by atoms with Gasteiger partial charge in [0.15, 0.2) is 12.4 Å². The normalized spacial score (nSPS) is 19.8. The van der Waals surface area contributed by atoms with Crippen LogP contribution in [0.3, 0.4) is 0 Å². The average Bonchev–Trinajstić information content (AvgIpc) is 3.40. The fourth-order valence-corrected chi connectivity index (χ4v) is 8.98. The molecule has 0 aromatic carbocycles. The van der Waals surface area contributed by atoms with Crippen molar-refractivity contribution >= 4 is 11.9 Å². The molecule has 1 aliphatic heterocycles. The van der Waals surface area contributed by atoms with Gasteiger partial charge in [-0.15, -0.1) is 0 Å². The van der Waals surface area contributed by atoms with Crippen LogP contribution in [-0.2, 0) is 23.8 Å². The number of carbonyl (C=O) groups excluding carboxylic acids is 2. The van der Waals surface area contributed by atoms with Gasteiger partial charge in [0.2, 0.25) is 5.91 Å². The van der Waals surface area contributed by atoms with E-state index < -0.39 is 67.4 Å². The van der Waals surface area contributed by atoms with Crippen molar-refractivity contribution in [2.24, 2.45) is 0 Å². The molecule has 0 aliphatic carbocycles. The smallest absolute Gasteiger partial charge is 0.306 e. The number of hydrogen-bond donors (Lipinski definition) is 6. The standard InChI is InChI=1S/C63H111NO10/c1-4-7-10-13-16-19-22-25-26-27-28-29-30-33-36-39-42-45-48-51-58(68)74-61-60(70)59(69)57(52-65)73-63(61)72-53-54(55(66)49-46-43-40-37-34-31-23-20-17-14-11-8-5-2)64-62(71)56(67)50-47-44-41-38-35-32-24-21-18-15-12-9-6-3/h16,19,25-26,28-29,33,35-36,38,46,49,54-57,59-61,63,65-67,69-70H,4-15,17-18,20-24,27,30-32,34,37,39-45,47-48,50-53H2,1-3H3,(H,64,71)/b19-16-,26-25-,29-28-,36-33-,38-35-,49-46+. The van der Waals surface area contributed by atoms with Gasteiger partial charge >= 0.3 is 5.97 Å². The van der Waals surface area contributed by atoms with E-state index in [4.69, 9.17) is 14.2 Å². The molecule has 428 valence electrons. The predicted octanol–water partition coefficient (Wildman–Crippen LogP) is 14.0. The van der Waals surface area contributed by atoms with Gasteiger partial charge in [-0.1, -0.05) is 222 Å². The Bertz CT molecular complexity index is 1480. The highest BCUT2D eigenvalue weighted by Crippen LogP contribution is 2.26. The monoisotopic (exact) mass is 1040 g/mol. The minimum absolute atomic E-state index is 0.0822. The molecule has 11 heteroatoms. The molecule has 0 radical (unpaired) electrons. The molecule has 0 saturated carbocycles. The lowest BCUT2D eigenvalue weighted by molar-refractivity contribution is -0.305. The largest absolute Gasteiger partial charge is 0.454 e. The van der Waals surface area contributed by atoms with Crippen LogP contribution in [0.15, 0.2) is 72.9 Å². The topological polar surface area (TPSA) is 175 Å². The Morgan fingerprint density at radius 3 is 1.43 bits per heavy atom. The lowest BCUT2D eigenvalue weighted by atomic mass is 9.99. The third-order valence-electron chi connectivity index (χ3n) is 13.8. The molecule has 0 bridgehead atoms. The maximum absolute atomic E-state index is 13.4. The fourth-order valence-electron chi connectivity index (χ4n) is 8.98. The third kappa shape index (κ3) is 38.6. The molecule has 0 spiro atoms. The predicted molar refractivity (Wildman–Crippen MR) is 306 cm³/mol. The minimum Gasteiger partial charge on any atom is -0.454 e. The number of hydrogen-bond acceptors (Lipinski definition) is 10. The first-order valence-corrected chi connectivity index (χ1v) is 30.2. The van der Waals surface area contributed by atoms with Gasteiger partial charge < -0.3 is 45.1 Å². The molecule has 0 aromatic rings. The zero-order chi connectivity index (χ0) is 54.0. The van der Waals surface area contributed by atoms with Crippen molar-refractivity contribution in [3.63, 3.8) is 0 Å². The van der Waals surface area contributed by atoms with E-state index >= 15 is 0 Å². The van der Waals surface area contributed by atoms with E-state index in [0.29, 0.717) is 12.8 Å². The van der Waals surface area contributed by atoms with Crippen molar-refractivity contribution < 1.29 is 49.3 Å². The summed E-state index contributed by atoms with van der Waals surface area (Å²) in [6.45, 7) is 5.72. The highest BCUT2D eigenvalue weighted by molar-refractivity contribution is 5.80. The van der Waals surface area contributed by atoms with E-state index in [1.165, 1.54) is 128 Å². The Balaban J connectivity index is 2.74. The molecule has 74 heavy (non-hydrogen) atoms. The number of amides is 1. The highest BCUT2D eigenvalue weighted by atomic mass is 16.7. The van der Waals surface area contributed by atoms with Gasteiger partial charge in [-0.05, 0) is 96.3 Å². The second-order valence-electron chi connectivity index (χ2n) is 20.7. The quantitative estimate of drug-likeness (QED) is 0.0195. The number of rotatable bonds is 50. The van der Waals surface area contributed by atoms with Crippen molar-refractivity contribution in [3.8, 4) is 0 Å². The van der Waals surface area contributed by atoms with Gasteiger partial charge in [-0.3, -0.25) is 9.59 Å². The number of aliphatic hydroxyl groups is 5. The molecule has 1 aliphatic rings. The lowest BCUT2D eigenvalue weighted by Crippen LogP contribution is -2.61. The Labute approximate surface area is 451 Å². The maximum Gasteiger partial charge on any atom is 0.306 e. The van der Waals surface area contributed by atoms with Crippen LogP contribution in [0.5, 0.6) is 0 Å². The summed E-state index contributed by atoms with van der Waals surface area (Å²) in [6, 6.07) is -1.04. The van der Waals surface area contributed by atoms with Gasteiger partial charge in [0.1, 0.15) is 24.4 Å². The Hall–Kier alpha value is -2.90. The van der Waals surface area contributed by atoms with E-state index in [1.54, 1.807) is 6.08 Å².